The highest BCUT2D eigenvalue weighted by atomic mass is 16.5. The molecule has 2 fully saturated rings. The van der Waals surface area contributed by atoms with Crippen LogP contribution in [0.1, 0.15) is 39.0 Å². The minimum atomic E-state index is -0.453. The van der Waals surface area contributed by atoms with Gasteiger partial charge in [-0.3, -0.25) is 9.59 Å². The number of Topliss-reactive ketones (excluding diaryl/α,β-unsaturated/α-hetero) is 1. The van der Waals surface area contributed by atoms with Crippen molar-refractivity contribution >= 4 is 11.8 Å². The fourth-order valence-electron chi connectivity index (χ4n) is 3.71. The molecule has 94 valence electrons. The van der Waals surface area contributed by atoms with Crippen LogP contribution in [0, 0.1) is 17.3 Å². The molecular formula is C14H20O3. The van der Waals surface area contributed by atoms with Gasteiger partial charge in [0, 0.05) is 12.8 Å². The highest BCUT2D eigenvalue weighted by Crippen LogP contribution is 2.57. The first kappa shape index (κ1) is 12.3. The summed E-state index contributed by atoms with van der Waals surface area (Å²) in [5.74, 6) is 0.540. The Balaban J connectivity index is 2.31. The molecule has 3 heteroatoms. The third-order valence-electron chi connectivity index (χ3n) is 4.41. The molecule has 0 aliphatic heterocycles. The molecule has 2 bridgehead atoms. The lowest BCUT2D eigenvalue weighted by molar-refractivity contribution is -0.164. The van der Waals surface area contributed by atoms with E-state index in [1.807, 2.05) is 6.92 Å². The molecule has 0 heterocycles. The number of carbonyl (C=O) groups is 2. The van der Waals surface area contributed by atoms with Gasteiger partial charge in [-0.1, -0.05) is 6.08 Å². The lowest BCUT2D eigenvalue weighted by Gasteiger charge is -2.40. The van der Waals surface area contributed by atoms with Crippen molar-refractivity contribution in [1.29, 1.82) is 0 Å². The first-order valence-corrected chi connectivity index (χ1v) is 6.45. The van der Waals surface area contributed by atoms with Crippen LogP contribution < -0.4 is 0 Å². The second-order valence-corrected chi connectivity index (χ2v) is 5.17. The first-order valence-electron chi connectivity index (χ1n) is 6.45. The van der Waals surface area contributed by atoms with E-state index < -0.39 is 5.41 Å². The molecule has 3 atom stereocenters. The van der Waals surface area contributed by atoms with Gasteiger partial charge in [0.15, 0.2) is 0 Å². The smallest absolute Gasteiger partial charge is 0.312 e. The Kier molecular flexibility index (Phi) is 3.36. The molecule has 0 aromatic heterocycles. The van der Waals surface area contributed by atoms with Gasteiger partial charge in [0.1, 0.15) is 5.78 Å². The zero-order chi connectivity index (χ0) is 12.5. The molecule has 0 aromatic rings. The number of fused-ring (bicyclic) bond motifs is 2. The van der Waals surface area contributed by atoms with E-state index in [0.717, 1.165) is 12.8 Å². The van der Waals surface area contributed by atoms with Crippen LogP contribution in [0.2, 0.25) is 0 Å². The van der Waals surface area contributed by atoms with Crippen molar-refractivity contribution < 1.29 is 14.3 Å². The standard InChI is InChI=1S/C14H20O3/c1-3-7-14(13(16)17-4-2)10-5-6-11(14)9-12(15)8-10/h3,10-11H,1,4-9H2,2H3/t10-,11+,14?. The molecule has 17 heavy (non-hydrogen) atoms. The maximum absolute atomic E-state index is 12.3. The number of esters is 1. The molecule has 0 amide bonds. The molecule has 0 N–H and O–H groups in total. The van der Waals surface area contributed by atoms with Gasteiger partial charge in [-0.15, -0.1) is 6.58 Å². The second-order valence-electron chi connectivity index (χ2n) is 5.17. The minimum absolute atomic E-state index is 0.111. The molecular weight excluding hydrogens is 216 g/mol. The van der Waals surface area contributed by atoms with Crippen LogP contribution in [-0.4, -0.2) is 18.4 Å². The van der Waals surface area contributed by atoms with Gasteiger partial charge in [0.2, 0.25) is 0 Å². The van der Waals surface area contributed by atoms with Gasteiger partial charge in [-0.05, 0) is 38.0 Å². The molecule has 2 saturated carbocycles. The Morgan fingerprint density at radius 1 is 1.47 bits per heavy atom. The maximum atomic E-state index is 12.3. The van der Waals surface area contributed by atoms with E-state index in [-0.39, 0.29) is 17.8 Å². The Morgan fingerprint density at radius 3 is 2.53 bits per heavy atom. The number of ether oxygens (including phenoxy) is 1. The number of hydrogen-bond donors (Lipinski definition) is 0. The van der Waals surface area contributed by atoms with Gasteiger partial charge in [-0.2, -0.15) is 0 Å². The zero-order valence-corrected chi connectivity index (χ0v) is 10.4. The van der Waals surface area contributed by atoms with E-state index in [1.165, 1.54) is 0 Å². The Labute approximate surface area is 102 Å². The summed E-state index contributed by atoms with van der Waals surface area (Å²) < 4.78 is 5.26. The van der Waals surface area contributed by atoms with Gasteiger partial charge in [0.05, 0.1) is 12.0 Å². The SMILES string of the molecule is C=CCC1(C(=O)OCC)[C@@H]2CC[C@H]1CC(=O)C2. The summed E-state index contributed by atoms with van der Waals surface area (Å²) in [5.41, 5.74) is -0.453. The van der Waals surface area contributed by atoms with Crippen molar-refractivity contribution in [2.45, 2.75) is 39.0 Å². The molecule has 2 aliphatic rings. The second kappa shape index (κ2) is 4.63. The minimum Gasteiger partial charge on any atom is -0.466 e. The molecule has 0 aromatic carbocycles. The van der Waals surface area contributed by atoms with E-state index in [4.69, 9.17) is 4.74 Å². The molecule has 2 rings (SSSR count). The topological polar surface area (TPSA) is 43.4 Å². The predicted molar refractivity (Wildman–Crippen MR) is 64.3 cm³/mol. The lowest BCUT2D eigenvalue weighted by atomic mass is 9.63. The number of allylic oxidation sites excluding steroid dienone is 1. The molecule has 0 radical (unpaired) electrons. The third kappa shape index (κ3) is 1.81. The summed E-state index contributed by atoms with van der Waals surface area (Å²) in [6.07, 6.45) is 5.49. The third-order valence-corrected chi connectivity index (χ3v) is 4.41. The van der Waals surface area contributed by atoms with Gasteiger partial charge < -0.3 is 4.74 Å². The summed E-state index contributed by atoms with van der Waals surface area (Å²) in [6, 6.07) is 0. The van der Waals surface area contributed by atoms with Crippen molar-refractivity contribution in [3.05, 3.63) is 12.7 Å². The largest absolute Gasteiger partial charge is 0.466 e. The van der Waals surface area contributed by atoms with Gasteiger partial charge in [0.25, 0.3) is 0 Å². The Morgan fingerprint density at radius 2 is 2.06 bits per heavy atom. The average molecular weight is 236 g/mol. The van der Waals surface area contributed by atoms with Crippen molar-refractivity contribution in [1.82, 2.24) is 0 Å². The Bertz CT molecular complexity index is 329. The van der Waals surface area contributed by atoms with Gasteiger partial charge >= 0.3 is 5.97 Å². The number of ketones is 1. The van der Waals surface area contributed by atoms with Crippen LogP contribution >= 0.6 is 0 Å². The fourth-order valence-corrected chi connectivity index (χ4v) is 3.71. The van der Waals surface area contributed by atoms with Crippen LogP contribution in [-0.2, 0) is 14.3 Å². The highest BCUT2D eigenvalue weighted by Gasteiger charge is 2.58. The van der Waals surface area contributed by atoms with Crippen molar-refractivity contribution in [3.63, 3.8) is 0 Å². The molecule has 0 saturated heterocycles. The lowest BCUT2D eigenvalue weighted by Crippen LogP contribution is -2.45. The summed E-state index contributed by atoms with van der Waals surface area (Å²) in [4.78, 5) is 23.9. The molecule has 1 unspecified atom stereocenters. The van der Waals surface area contributed by atoms with E-state index in [0.29, 0.717) is 31.7 Å². The molecule has 3 nitrogen and oxygen atoms in total. The summed E-state index contributed by atoms with van der Waals surface area (Å²) in [5, 5.41) is 0. The van der Waals surface area contributed by atoms with E-state index >= 15 is 0 Å². The number of rotatable bonds is 4. The Hall–Kier alpha value is -1.12. The van der Waals surface area contributed by atoms with Crippen molar-refractivity contribution in [2.75, 3.05) is 6.61 Å². The van der Waals surface area contributed by atoms with Crippen LogP contribution in [0.5, 0.6) is 0 Å². The number of hydrogen-bond acceptors (Lipinski definition) is 3. The zero-order valence-electron chi connectivity index (χ0n) is 10.4. The van der Waals surface area contributed by atoms with Crippen LogP contribution in [0.3, 0.4) is 0 Å². The monoisotopic (exact) mass is 236 g/mol. The summed E-state index contributed by atoms with van der Waals surface area (Å²) in [6.45, 7) is 6.00. The highest BCUT2D eigenvalue weighted by molar-refractivity contribution is 5.86. The average Bonchev–Trinajstić information content (AvgIpc) is 2.48. The van der Waals surface area contributed by atoms with Gasteiger partial charge in [-0.25, -0.2) is 0 Å². The van der Waals surface area contributed by atoms with Crippen molar-refractivity contribution in [2.24, 2.45) is 17.3 Å². The van der Waals surface area contributed by atoms with Crippen LogP contribution in [0.25, 0.3) is 0 Å². The number of carbonyl (C=O) groups excluding carboxylic acids is 2. The summed E-state index contributed by atoms with van der Waals surface area (Å²) in [7, 11) is 0. The van der Waals surface area contributed by atoms with Crippen LogP contribution in [0.4, 0.5) is 0 Å². The van der Waals surface area contributed by atoms with E-state index in [2.05, 4.69) is 6.58 Å². The van der Waals surface area contributed by atoms with E-state index in [9.17, 15) is 9.59 Å². The molecule has 2 aliphatic carbocycles. The molecule has 0 spiro atoms. The van der Waals surface area contributed by atoms with E-state index in [1.54, 1.807) is 6.08 Å². The maximum Gasteiger partial charge on any atom is 0.312 e. The van der Waals surface area contributed by atoms with Crippen LogP contribution in [0.15, 0.2) is 12.7 Å². The first-order chi connectivity index (χ1) is 8.15. The summed E-state index contributed by atoms with van der Waals surface area (Å²) >= 11 is 0. The predicted octanol–water partition coefficient (Wildman–Crippen LogP) is 2.50. The normalized spacial score (nSPS) is 35.7. The quantitative estimate of drug-likeness (QED) is 0.556. The van der Waals surface area contributed by atoms with Crippen molar-refractivity contribution in [3.8, 4) is 0 Å². The fraction of sp³-hybridized carbons (Fsp3) is 0.714.